The average molecular weight is 312 g/mol. The van der Waals surface area contributed by atoms with Crippen LogP contribution in [0.1, 0.15) is 78.6 Å². The van der Waals surface area contributed by atoms with Gasteiger partial charge in [-0.2, -0.15) is 0 Å². The van der Waals surface area contributed by atoms with Gasteiger partial charge in [-0.3, -0.25) is 4.99 Å². The Labute approximate surface area is 137 Å². The van der Waals surface area contributed by atoms with Crippen molar-refractivity contribution < 1.29 is 4.74 Å². The lowest BCUT2D eigenvalue weighted by molar-refractivity contribution is 0.0413. The van der Waals surface area contributed by atoms with Gasteiger partial charge < -0.3 is 15.4 Å². The molecule has 0 bridgehead atoms. The van der Waals surface area contributed by atoms with Gasteiger partial charge >= 0.3 is 0 Å². The minimum Gasteiger partial charge on any atom is -0.378 e. The number of hydrogen-bond acceptors (Lipinski definition) is 2. The van der Waals surface area contributed by atoms with Gasteiger partial charge in [-0.25, -0.2) is 0 Å². The summed E-state index contributed by atoms with van der Waals surface area (Å²) in [5, 5.41) is 6.73. The lowest BCUT2D eigenvalue weighted by atomic mass is 10.1. The second kappa shape index (κ2) is 12.7. The van der Waals surface area contributed by atoms with Crippen molar-refractivity contribution in [1.29, 1.82) is 0 Å². The summed E-state index contributed by atoms with van der Waals surface area (Å²) in [6, 6.07) is 0.469. The average Bonchev–Trinajstić information content (AvgIpc) is 2.79. The van der Waals surface area contributed by atoms with Crippen LogP contribution in [0.4, 0.5) is 0 Å². The van der Waals surface area contributed by atoms with E-state index < -0.39 is 0 Å². The van der Waals surface area contributed by atoms with Crippen molar-refractivity contribution in [1.82, 2.24) is 10.6 Å². The monoisotopic (exact) mass is 311 g/mol. The highest BCUT2D eigenvalue weighted by molar-refractivity contribution is 5.79. The van der Waals surface area contributed by atoms with Crippen LogP contribution in [-0.2, 0) is 4.74 Å². The second-order valence-corrected chi connectivity index (χ2v) is 6.41. The van der Waals surface area contributed by atoms with E-state index in [-0.39, 0.29) is 0 Å². The number of aliphatic imine (C=N–C) groups is 1. The fourth-order valence-corrected chi connectivity index (χ4v) is 2.72. The van der Waals surface area contributed by atoms with E-state index in [0.29, 0.717) is 12.1 Å². The molecule has 4 heteroatoms. The summed E-state index contributed by atoms with van der Waals surface area (Å²) >= 11 is 0. The van der Waals surface area contributed by atoms with E-state index in [2.05, 4.69) is 36.4 Å². The normalized spacial score (nSPS) is 18.8. The minimum absolute atomic E-state index is 0.469. The number of nitrogens with zero attached hydrogens (tertiary/aromatic N) is 1. The number of nitrogens with one attached hydrogen (secondary N) is 2. The predicted octanol–water partition coefficient (Wildman–Crippen LogP) is 3.86. The highest BCUT2D eigenvalue weighted by Crippen LogP contribution is 2.19. The zero-order valence-electron chi connectivity index (χ0n) is 15.0. The summed E-state index contributed by atoms with van der Waals surface area (Å²) < 4.78 is 6.02. The standard InChI is InChI=1S/C18H37N3O/c1-4-16(3)21-18(19-5-2)20-14-10-11-15-22-17-12-8-6-7-9-13-17/h16-17H,4-15H2,1-3H3,(H2,19,20,21). The van der Waals surface area contributed by atoms with Crippen LogP contribution in [0.25, 0.3) is 0 Å². The number of rotatable bonds is 9. The number of hydrogen-bond donors (Lipinski definition) is 2. The third-order valence-corrected chi connectivity index (χ3v) is 4.32. The molecule has 2 N–H and O–H groups in total. The largest absolute Gasteiger partial charge is 0.378 e. The molecule has 1 atom stereocenters. The van der Waals surface area contributed by atoms with Gasteiger partial charge in [-0.1, -0.05) is 32.6 Å². The molecule has 1 fully saturated rings. The van der Waals surface area contributed by atoms with E-state index in [9.17, 15) is 0 Å². The summed E-state index contributed by atoms with van der Waals surface area (Å²) in [7, 11) is 0. The fourth-order valence-electron chi connectivity index (χ4n) is 2.72. The summed E-state index contributed by atoms with van der Waals surface area (Å²) in [5.74, 6) is 0.946. The van der Waals surface area contributed by atoms with Gasteiger partial charge in [-0.15, -0.1) is 0 Å². The van der Waals surface area contributed by atoms with E-state index in [1.165, 1.54) is 38.5 Å². The first-order chi connectivity index (χ1) is 10.8. The lowest BCUT2D eigenvalue weighted by Crippen LogP contribution is -2.42. The summed E-state index contributed by atoms with van der Waals surface area (Å²) in [6.07, 6.45) is 11.9. The quantitative estimate of drug-likeness (QED) is 0.294. The van der Waals surface area contributed by atoms with E-state index in [1.807, 2.05) is 0 Å². The van der Waals surface area contributed by atoms with Gasteiger partial charge in [-0.05, 0) is 46.0 Å². The van der Waals surface area contributed by atoms with Gasteiger partial charge in [0, 0.05) is 25.7 Å². The highest BCUT2D eigenvalue weighted by Gasteiger charge is 2.11. The summed E-state index contributed by atoms with van der Waals surface area (Å²) in [6.45, 7) is 9.16. The Morgan fingerprint density at radius 1 is 1.14 bits per heavy atom. The molecular weight excluding hydrogens is 274 g/mol. The predicted molar refractivity (Wildman–Crippen MR) is 95.5 cm³/mol. The van der Waals surface area contributed by atoms with Crippen LogP contribution in [0.3, 0.4) is 0 Å². The molecule has 0 amide bonds. The van der Waals surface area contributed by atoms with Crippen molar-refractivity contribution in [2.24, 2.45) is 4.99 Å². The minimum atomic E-state index is 0.469. The lowest BCUT2D eigenvalue weighted by Gasteiger charge is -2.16. The first kappa shape index (κ1) is 19.3. The zero-order chi connectivity index (χ0) is 16.0. The molecule has 1 aliphatic rings. The Hall–Kier alpha value is -0.770. The Morgan fingerprint density at radius 3 is 2.50 bits per heavy atom. The van der Waals surface area contributed by atoms with Crippen molar-refractivity contribution in [3.63, 3.8) is 0 Å². The Balaban J connectivity index is 2.11. The van der Waals surface area contributed by atoms with Gasteiger partial charge in [0.05, 0.1) is 6.10 Å². The van der Waals surface area contributed by atoms with Crippen LogP contribution in [0.5, 0.6) is 0 Å². The summed E-state index contributed by atoms with van der Waals surface area (Å²) in [4.78, 5) is 4.64. The van der Waals surface area contributed by atoms with Crippen molar-refractivity contribution in [3.8, 4) is 0 Å². The molecule has 4 nitrogen and oxygen atoms in total. The molecule has 0 spiro atoms. The maximum Gasteiger partial charge on any atom is 0.191 e. The van der Waals surface area contributed by atoms with Crippen molar-refractivity contribution >= 4 is 5.96 Å². The molecule has 0 aromatic rings. The number of ether oxygens (including phenoxy) is 1. The molecule has 0 aliphatic heterocycles. The molecule has 1 saturated carbocycles. The van der Waals surface area contributed by atoms with Crippen LogP contribution >= 0.6 is 0 Å². The fraction of sp³-hybridized carbons (Fsp3) is 0.944. The smallest absolute Gasteiger partial charge is 0.191 e. The van der Waals surface area contributed by atoms with Crippen LogP contribution in [0.15, 0.2) is 4.99 Å². The summed E-state index contributed by atoms with van der Waals surface area (Å²) in [5.41, 5.74) is 0. The first-order valence-corrected chi connectivity index (χ1v) is 9.42. The molecule has 22 heavy (non-hydrogen) atoms. The Kier molecular flexibility index (Phi) is 11.2. The number of unbranched alkanes of at least 4 members (excludes halogenated alkanes) is 1. The molecule has 130 valence electrons. The van der Waals surface area contributed by atoms with E-state index >= 15 is 0 Å². The Bertz CT molecular complexity index is 286. The van der Waals surface area contributed by atoms with Crippen LogP contribution in [-0.4, -0.2) is 37.8 Å². The van der Waals surface area contributed by atoms with E-state index in [0.717, 1.165) is 44.9 Å². The van der Waals surface area contributed by atoms with E-state index in [1.54, 1.807) is 0 Å². The first-order valence-electron chi connectivity index (χ1n) is 9.42. The van der Waals surface area contributed by atoms with Gasteiger partial charge in [0.15, 0.2) is 5.96 Å². The topological polar surface area (TPSA) is 45.7 Å². The molecule has 1 unspecified atom stereocenters. The van der Waals surface area contributed by atoms with E-state index in [4.69, 9.17) is 4.74 Å². The number of guanidine groups is 1. The second-order valence-electron chi connectivity index (χ2n) is 6.41. The maximum absolute atomic E-state index is 6.02. The van der Waals surface area contributed by atoms with Crippen LogP contribution in [0.2, 0.25) is 0 Å². The van der Waals surface area contributed by atoms with Gasteiger partial charge in [0.25, 0.3) is 0 Å². The molecule has 1 aliphatic carbocycles. The van der Waals surface area contributed by atoms with Crippen molar-refractivity contribution in [3.05, 3.63) is 0 Å². The molecule has 0 heterocycles. The van der Waals surface area contributed by atoms with Crippen LogP contribution < -0.4 is 10.6 Å². The van der Waals surface area contributed by atoms with Crippen molar-refractivity contribution in [2.45, 2.75) is 90.7 Å². The van der Waals surface area contributed by atoms with Gasteiger partial charge in [0.1, 0.15) is 0 Å². The molecule has 0 radical (unpaired) electrons. The molecule has 0 aromatic heterocycles. The highest BCUT2D eigenvalue weighted by atomic mass is 16.5. The SMILES string of the molecule is CCNC(=NCCCCOC1CCCCCC1)NC(C)CC. The van der Waals surface area contributed by atoms with Gasteiger partial charge in [0.2, 0.25) is 0 Å². The Morgan fingerprint density at radius 2 is 1.86 bits per heavy atom. The molecule has 0 aromatic carbocycles. The molecular formula is C18H37N3O. The molecule has 1 rings (SSSR count). The third-order valence-electron chi connectivity index (χ3n) is 4.32. The van der Waals surface area contributed by atoms with Crippen LogP contribution in [0, 0.1) is 0 Å². The molecule has 0 saturated heterocycles. The maximum atomic E-state index is 6.02. The third kappa shape index (κ3) is 9.29. The zero-order valence-corrected chi connectivity index (χ0v) is 15.0. The van der Waals surface area contributed by atoms with Crippen molar-refractivity contribution in [2.75, 3.05) is 19.7 Å².